The average Bonchev–Trinajstić information content (AvgIpc) is 1.65. The lowest BCUT2D eigenvalue weighted by atomic mass is 10.4. The van der Waals surface area contributed by atoms with Crippen molar-refractivity contribution in [2.45, 2.75) is 13.8 Å². The van der Waals surface area contributed by atoms with Crippen LogP contribution < -0.4 is 0 Å². The molecule has 0 heterocycles. The zero-order chi connectivity index (χ0) is 6.57. The first kappa shape index (κ1) is 7.34. The van der Waals surface area contributed by atoms with Crippen LogP contribution in [0.5, 0.6) is 0 Å². The Bertz CT molecular complexity index is 118. The van der Waals surface area contributed by atoms with E-state index in [0.717, 1.165) is 6.08 Å². The van der Waals surface area contributed by atoms with Gasteiger partial charge >= 0.3 is 0 Å². The van der Waals surface area contributed by atoms with Gasteiger partial charge in [0.1, 0.15) is 5.83 Å². The second kappa shape index (κ2) is 3.36. The predicted octanol–water partition coefficient (Wildman–Crippen LogP) is 2.73. The van der Waals surface area contributed by atoms with Crippen LogP contribution in [0.4, 0.5) is 8.78 Å². The summed E-state index contributed by atoms with van der Waals surface area (Å²) in [6.07, 6.45) is 2.03. The highest BCUT2D eigenvalue weighted by Gasteiger charge is 1.85. The molecule has 0 N–H and O–H groups in total. The zero-order valence-electron chi connectivity index (χ0n) is 4.91. The maximum Gasteiger partial charge on any atom is 0.121 e. The van der Waals surface area contributed by atoms with Crippen molar-refractivity contribution in [1.29, 1.82) is 0 Å². The summed E-state index contributed by atoms with van der Waals surface area (Å²) in [6.45, 7) is 2.71. The lowest BCUT2D eigenvalue weighted by Crippen LogP contribution is -1.63. The van der Waals surface area contributed by atoms with Gasteiger partial charge in [0.2, 0.25) is 0 Å². The van der Waals surface area contributed by atoms with Crippen LogP contribution in [-0.4, -0.2) is 0 Å². The van der Waals surface area contributed by atoms with Crippen molar-refractivity contribution in [2.24, 2.45) is 0 Å². The fourth-order valence-corrected chi connectivity index (χ4v) is 0.273. The normalized spacial score (nSPS) is 14.5. The predicted molar refractivity (Wildman–Crippen MR) is 29.7 cm³/mol. The monoisotopic (exact) mass is 118 g/mol. The second-order valence-corrected chi connectivity index (χ2v) is 1.40. The molecule has 0 saturated carbocycles. The second-order valence-electron chi connectivity index (χ2n) is 1.40. The van der Waals surface area contributed by atoms with Crippen LogP contribution in [0.2, 0.25) is 0 Å². The van der Waals surface area contributed by atoms with Gasteiger partial charge in [0.15, 0.2) is 0 Å². The number of hydrogen-bond acceptors (Lipinski definition) is 0. The van der Waals surface area contributed by atoms with E-state index in [2.05, 4.69) is 0 Å². The summed E-state index contributed by atoms with van der Waals surface area (Å²) in [5.41, 5.74) is 0. The van der Waals surface area contributed by atoms with E-state index in [1.54, 1.807) is 0 Å². The van der Waals surface area contributed by atoms with Crippen LogP contribution in [0.15, 0.2) is 23.8 Å². The van der Waals surface area contributed by atoms with Crippen molar-refractivity contribution in [3.8, 4) is 0 Å². The third kappa shape index (κ3) is 3.53. The molecule has 0 bridgehead atoms. The first-order valence-corrected chi connectivity index (χ1v) is 2.32. The van der Waals surface area contributed by atoms with Crippen LogP contribution in [0.1, 0.15) is 13.8 Å². The Kier molecular flexibility index (Phi) is 3.08. The molecule has 0 aliphatic rings. The third-order valence-electron chi connectivity index (χ3n) is 0.613. The van der Waals surface area contributed by atoms with Crippen LogP contribution in [-0.2, 0) is 0 Å². The number of allylic oxidation sites excluding steroid dienone is 4. The number of hydrogen-bond donors (Lipinski definition) is 0. The van der Waals surface area contributed by atoms with Crippen molar-refractivity contribution in [2.75, 3.05) is 0 Å². The number of halogens is 2. The molecule has 2 heteroatoms. The molecule has 0 nitrogen and oxygen atoms in total. The topological polar surface area (TPSA) is 0 Å². The molecule has 0 amide bonds. The van der Waals surface area contributed by atoms with E-state index in [9.17, 15) is 8.78 Å². The molecule has 0 unspecified atom stereocenters. The molecule has 46 valence electrons. The van der Waals surface area contributed by atoms with E-state index in [1.165, 1.54) is 19.9 Å². The smallest absolute Gasteiger partial charge is 0.121 e. The van der Waals surface area contributed by atoms with Gasteiger partial charge in [0.05, 0.1) is 5.83 Å². The summed E-state index contributed by atoms with van der Waals surface area (Å²) < 4.78 is 23.6. The van der Waals surface area contributed by atoms with Gasteiger partial charge in [0, 0.05) is 6.08 Å². The Morgan fingerprint density at radius 3 is 2.00 bits per heavy atom. The molecule has 0 aromatic heterocycles. The SMILES string of the molecule is C/C=C(F)\C=C(/C)F. The Morgan fingerprint density at radius 2 is 1.88 bits per heavy atom. The van der Waals surface area contributed by atoms with Gasteiger partial charge in [-0.3, -0.25) is 0 Å². The zero-order valence-corrected chi connectivity index (χ0v) is 4.91. The van der Waals surface area contributed by atoms with Gasteiger partial charge in [-0.05, 0) is 13.8 Å². The van der Waals surface area contributed by atoms with E-state index < -0.39 is 11.7 Å². The highest BCUT2D eigenvalue weighted by Crippen LogP contribution is 2.02. The lowest BCUT2D eigenvalue weighted by molar-refractivity contribution is 0.614. The molecule has 0 saturated heterocycles. The minimum absolute atomic E-state index is 0.513. The maximum atomic E-state index is 11.9. The Hall–Kier alpha value is -0.660. The fourth-order valence-electron chi connectivity index (χ4n) is 0.273. The standard InChI is InChI=1S/C6H8F2/c1-3-6(8)4-5(2)7/h3-4H,1-2H3/b5-4+,6-3+. The molecule has 0 aromatic rings. The van der Waals surface area contributed by atoms with E-state index in [0.29, 0.717) is 0 Å². The van der Waals surface area contributed by atoms with Crippen LogP contribution in [0.25, 0.3) is 0 Å². The highest BCUT2D eigenvalue weighted by molar-refractivity contribution is 5.11. The minimum Gasteiger partial charge on any atom is -0.212 e. The van der Waals surface area contributed by atoms with Gasteiger partial charge in [0.25, 0.3) is 0 Å². The van der Waals surface area contributed by atoms with Crippen LogP contribution in [0.3, 0.4) is 0 Å². The van der Waals surface area contributed by atoms with Crippen molar-refractivity contribution in [3.63, 3.8) is 0 Å². The summed E-state index contributed by atoms with van der Waals surface area (Å²) in [7, 11) is 0. The summed E-state index contributed by atoms with van der Waals surface area (Å²) in [6, 6.07) is 0. The molecule has 0 spiro atoms. The molecular weight excluding hydrogens is 110 g/mol. The van der Waals surface area contributed by atoms with E-state index >= 15 is 0 Å². The Balaban J connectivity index is 3.89. The van der Waals surface area contributed by atoms with E-state index in [4.69, 9.17) is 0 Å². The molecule has 0 atom stereocenters. The van der Waals surface area contributed by atoms with E-state index in [1.807, 2.05) is 0 Å². The molecule has 0 aliphatic carbocycles. The van der Waals surface area contributed by atoms with Gasteiger partial charge in [-0.25, -0.2) is 8.78 Å². The summed E-state index contributed by atoms with van der Waals surface area (Å²) >= 11 is 0. The van der Waals surface area contributed by atoms with E-state index in [-0.39, 0.29) is 0 Å². The molecule has 0 fully saturated rings. The van der Waals surface area contributed by atoms with Crippen LogP contribution >= 0.6 is 0 Å². The van der Waals surface area contributed by atoms with Crippen molar-refractivity contribution in [1.82, 2.24) is 0 Å². The van der Waals surface area contributed by atoms with Gasteiger partial charge in [-0.15, -0.1) is 0 Å². The summed E-state index contributed by atoms with van der Waals surface area (Å²) in [5.74, 6) is -1.05. The summed E-state index contributed by atoms with van der Waals surface area (Å²) in [4.78, 5) is 0. The Labute approximate surface area is 47.5 Å². The molecule has 0 radical (unpaired) electrons. The molecule has 0 aliphatic heterocycles. The fraction of sp³-hybridized carbons (Fsp3) is 0.333. The first-order valence-electron chi connectivity index (χ1n) is 2.32. The minimum atomic E-state index is -0.537. The van der Waals surface area contributed by atoms with Crippen molar-refractivity contribution < 1.29 is 8.78 Å². The third-order valence-corrected chi connectivity index (χ3v) is 0.613. The summed E-state index contributed by atoms with van der Waals surface area (Å²) in [5, 5.41) is 0. The lowest BCUT2D eigenvalue weighted by Gasteiger charge is -1.81. The van der Waals surface area contributed by atoms with Gasteiger partial charge < -0.3 is 0 Å². The molecule has 8 heavy (non-hydrogen) atoms. The Morgan fingerprint density at radius 1 is 1.38 bits per heavy atom. The molecule has 0 rings (SSSR count). The molecular formula is C6H8F2. The highest BCUT2D eigenvalue weighted by atomic mass is 19.1. The molecule has 0 aromatic carbocycles. The van der Waals surface area contributed by atoms with Crippen molar-refractivity contribution >= 4 is 0 Å². The quantitative estimate of drug-likeness (QED) is 0.464. The van der Waals surface area contributed by atoms with Gasteiger partial charge in [-0.2, -0.15) is 0 Å². The van der Waals surface area contributed by atoms with Crippen molar-refractivity contribution in [3.05, 3.63) is 23.8 Å². The van der Waals surface area contributed by atoms with Crippen LogP contribution in [0, 0.1) is 0 Å². The average molecular weight is 118 g/mol. The van der Waals surface area contributed by atoms with Gasteiger partial charge in [-0.1, -0.05) is 6.08 Å². The number of rotatable bonds is 1. The first-order chi connectivity index (χ1) is 3.66. The maximum absolute atomic E-state index is 11.9. The largest absolute Gasteiger partial charge is 0.212 e.